The van der Waals surface area contributed by atoms with Crippen LogP contribution in [0.25, 0.3) is 0 Å². The van der Waals surface area contributed by atoms with E-state index in [0.717, 1.165) is 19.4 Å². The van der Waals surface area contributed by atoms with E-state index in [1.807, 2.05) is 23.1 Å². The van der Waals surface area contributed by atoms with E-state index < -0.39 is 0 Å². The molecule has 0 radical (unpaired) electrons. The minimum Gasteiger partial charge on any atom is -0.394 e. The molecule has 1 heterocycles. The Morgan fingerprint density at radius 1 is 1.56 bits per heavy atom. The van der Waals surface area contributed by atoms with Crippen LogP contribution >= 0.6 is 0 Å². The summed E-state index contributed by atoms with van der Waals surface area (Å²) >= 11 is 0. The Morgan fingerprint density at radius 3 is 3.00 bits per heavy atom. The van der Waals surface area contributed by atoms with Crippen molar-refractivity contribution in [1.82, 2.24) is 15.1 Å². The van der Waals surface area contributed by atoms with Gasteiger partial charge in [0.15, 0.2) is 0 Å². The van der Waals surface area contributed by atoms with Crippen LogP contribution in [0.2, 0.25) is 0 Å². The maximum Gasteiger partial charge on any atom is 0.0616 e. The predicted molar refractivity (Wildman–Crippen MR) is 72.3 cm³/mol. The van der Waals surface area contributed by atoms with E-state index in [1.54, 1.807) is 0 Å². The van der Waals surface area contributed by atoms with Gasteiger partial charge in [-0.05, 0) is 31.2 Å². The smallest absolute Gasteiger partial charge is 0.0616 e. The summed E-state index contributed by atoms with van der Waals surface area (Å²) in [6.07, 6.45) is 8.42. The molecule has 0 bridgehead atoms. The molecule has 102 valence electrons. The van der Waals surface area contributed by atoms with Gasteiger partial charge in [-0.25, -0.2) is 0 Å². The standard InChI is InChI=1S/C14H25N3O/c1-12(2)16-14(11-18)7-3-5-13(14)6-10-17-9-4-8-15-17/h4,8-9,12-13,16,18H,3,5-7,10-11H2,1-2H3. The van der Waals surface area contributed by atoms with Crippen LogP contribution in [0.4, 0.5) is 0 Å². The molecule has 0 spiro atoms. The van der Waals surface area contributed by atoms with Gasteiger partial charge in [0.05, 0.1) is 6.61 Å². The van der Waals surface area contributed by atoms with Crippen LogP contribution in [0.3, 0.4) is 0 Å². The van der Waals surface area contributed by atoms with Gasteiger partial charge in [-0.1, -0.05) is 20.3 Å². The van der Waals surface area contributed by atoms with E-state index >= 15 is 0 Å². The fourth-order valence-electron chi connectivity index (χ4n) is 3.30. The summed E-state index contributed by atoms with van der Waals surface area (Å²) in [5.41, 5.74) is -0.0681. The summed E-state index contributed by atoms with van der Waals surface area (Å²) in [6.45, 7) is 5.49. The van der Waals surface area contributed by atoms with Crippen molar-refractivity contribution >= 4 is 0 Å². The predicted octanol–water partition coefficient (Wildman–Crippen LogP) is 1.80. The molecule has 1 aliphatic rings. The van der Waals surface area contributed by atoms with E-state index in [9.17, 15) is 5.11 Å². The van der Waals surface area contributed by atoms with E-state index in [-0.39, 0.29) is 12.1 Å². The van der Waals surface area contributed by atoms with Gasteiger partial charge in [0.25, 0.3) is 0 Å². The molecule has 2 rings (SSSR count). The fourth-order valence-corrected chi connectivity index (χ4v) is 3.30. The summed E-state index contributed by atoms with van der Waals surface area (Å²) in [5, 5.41) is 17.7. The molecule has 0 aliphatic heterocycles. The van der Waals surface area contributed by atoms with Crippen LogP contribution in [0.1, 0.15) is 39.5 Å². The SMILES string of the molecule is CC(C)NC1(CO)CCCC1CCn1cccn1. The Morgan fingerprint density at radius 2 is 2.39 bits per heavy atom. The molecule has 0 aromatic carbocycles. The maximum atomic E-state index is 9.81. The normalized spacial score (nSPS) is 28.1. The number of aliphatic hydroxyl groups excluding tert-OH is 1. The van der Waals surface area contributed by atoms with E-state index in [1.165, 1.54) is 12.8 Å². The lowest BCUT2D eigenvalue weighted by atomic mass is 9.84. The van der Waals surface area contributed by atoms with Crippen LogP contribution in [-0.2, 0) is 6.54 Å². The fraction of sp³-hybridized carbons (Fsp3) is 0.786. The Bertz CT molecular complexity index is 350. The molecule has 0 saturated heterocycles. The van der Waals surface area contributed by atoms with Gasteiger partial charge in [-0.15, -0.1) is 0 Å². The molecule has 1 aromatic heterocycles. The third-order valence-corrected chi connectivity index (χ3v) is 4.08. The second-order valence-corrected chi connectivity index (χ2v) is 5.76. The molecular formula is C14H25N3O. The van der Waals surface area contributed by atoms with Crippen LogP contribution in [0.15, 0.2) is 18.5 Å². The molecule has 4 nitrogen and oxygen atoms in total. The molecule has 4 heteroatoms. The highest BCUT2D eigenvalue weighted by Gasteiger charge is 2.42. The average molecular weight is 251 g/mol. The first-order valence-corrected chi connectivity index (χ1v) is 7.02. The molecule has 1 fully saturated rings. The van der Waals surface area contributed by atoms with Crippen LogP contribution in [0.5, 0.6) is 0 Å². The molecule has 2 unspecified atom stereocenters. The van der Waals surface area contributed by atoms with Crippen LogP contribution in [-0.4, -0.2) is 33.1 Å². The molecule has 1 aromatic rings. The lowest BCUT2D eigenvalue weighted by Gasteiger charge is -2.37. The van der Waals surface area contributed by atoms with Gasteiger partial charge in [-0.2, -0.15) is 5.10 Å². The van der Waals surface area contributed by atoms with Gasteiger partial charge < -0.3 is 10.4 Å². The summed E-state index contributed by atoms with van der Waals surface area (Å²) in [7, 11) is 0. The minimum atomic E-state index is -0.0681. The number of aliphatic hydroxyl groups is 1. The van der Waals surface area contributed by atoms with Gasteiger partial charge in [0, 0.05) is 30.5 Å². The van der Waals surface area contributed by atoms with Gasteiger partial charge in [0.1, 0.15) is 0 Å². The van der Waals surface area contributed by atoms with Crippen molar-refractivity contribution in [3.63, 3.8) is 0 Å². The van der Waals surface area contributed by atoms with Gasteiger partial charge in [-0.3, -0.25) is 4.68 Å². The first-order chi connectivity index (χ1) is 8.66. The highest BCUT2D eigenvalue weighted by atomic mass is 16.3. The number of hydrogen-bond donors (Lipinski definition) is 2. The van der Waals surface area contributed by atoms with Crippen molar-refractivity contribution in [2.45, 2.75) is 57.7 Å². The summed E-state index contributed by atoms with van der Waals surface area (Å²) in [6, 6.07) is 2.38. The van der Waals surface area contributed by atoms with Crippen LogP contribution in [0, 0.1) is 5.92 Å². The lowest BCUT2D eigenvalue weighted by Crippen LogP contribution is -2.54. The average Bonchev–Trinajstić information content (AvgIpc) is 2.95. The Kier molecular flexibility index (Phi) is 4.40. The third kappa shape index (κ3) is 2.93. The largest absolute Gasteiger partial charge is 0.394 e. The minimum absolute atomic E-state index is 0.0681. The van der Waals surface area contributed by atoms with Crippen molar-refractivity contribution in [3.8, 4) is 0 Å². The number of aromatic nitrogens is 2. The Labute approximate surface area is 109 Å². The number of rotatable bonds is 6. The van der Waals surface area contributed by atoms with Gasteiger partial charge in [0.2, 0.25) is 0 Å². The Balaban J connectivity index is 1.96. The van der Waals surface area contributed by atoms with Crippen molar-refractivity contribution in [3.05, 3.63) is 18.5 Å². The zero-order valence-electron chi connectivity index (χ0n) is 11.5. The summed E-state index contributed by atoms with van der Waals surface area (Å²) in [5.74, 6) is 0.550. The second-order valence-electron chi connectivity index (χ2n) is 5.76. The molecule has 1 aliphatic carbocycles. The first-order valence-electron chi connectivity index (χ1n) is 7.02. The maximum absolute atomic E-state index is 9.81. The number of nitrogens with zero attached hydrogens (tertiary/aromatic N) is 2. The van der Waals surface area contributed by atoms with E-state index in [2.05, 4.69) is 24.3 Å². The second kappa shape index (κ2) is 5.85. The lowest BCUT2D eigenvalue weighted by molar-refractivity contribution is 0.108. The number of nitrogens with one attached hydrogen (secondary N) is 1. The molecular weight excluding hydrogens is 226 g/mol. The highest BCUT2D eigenvalue weighted by Crippen LogP contribution is 2.38. The number of aryl methyl sites for hydroxylation is 1. The molecule has 0 amide bonds. The highest BCUT2D eigenvalue weighted by molar-refractivity contribution is 4.99. The first kappa shape index (κ1) is 13.6. The van der Waals surface area contributed by atoms with Crippen molar-refractivity contribution < 1.29 is 5.11 Å². The van der Waals surface area contributed by atoms with E-state index in [0.29, 0.717) is 12.0 Å². The van der Waals surface area contributed by atoms with Crippen molar-refractivity contribution in [2.75, 3.05) is 6.61 Å². The summed E-state index contributed by atoms with van der Waals surface area (Å²) < 4.78 is 1.98. The quantitative estimate of drug-likeness (QED) is 0.810. The monoisotopic (exact) mass is 251 g/mol. The topological polar surface area (TPSA) is 50.1 Å². The molecule has 18 heavy (non-hydrogen) atoms. The summed E-state index contributed by atoms with van der Waals surface area (Å²) in [4.78, 5) is 0. The molecule has 1 saturated carbocycles. The number of hydrogen-bond acceptors (Lipinski definition) is 3. The van der Waals surface area contributed by atoms with E-state index in [4.69, 9.17) is 0 Å². The van der Waals surface area contributed by atoms with Gasteiger partial charge >= 0.3 is 0 Å². The zero-order chi connectivity index (χ0) is 13.0. The Hall–Kier alpha value is -0.870. The van der Waals surface area contributed by atoms with Crippen molar-refractivity contribution in [1.29, 1.82) is 0 Å². The van der Waals surface area contributed by atoms with Crippen LogP contribution < -0.4 is 5.32 Å². The third-order valence-electron chi connectivity index (χ3n) is 4.08. The molecule has 2 N–H and O–H groups in total. The van der Waals surface area contributed by atoms with Crippen molar-refractivity contribution in [2.24, 2.45) is 5.92 Å². The molecule has 2 atom stereocenters. The zero-order valence-corrected chi connectivity index (χ0v) is 11.5.